The predicted molar refractivity (Wildman–Crippen MR) is 113 cm³/mol. The summed E-state index contributed by atoms with van der Waals surface area (Å²) in [5.74, 6) is 1.37. The van der Waals surface area contributed by atoms with Gasteiger partial charge in [0, 0.05) is 6.61 Å². The number of rotatable bonds is 9. The molecule has 6 heteroatoms. The topological polar surface area (TPSA) is 77.0 Å². The Kier molecular flexibility index (Phi) is 9.39. The largest absolute Gasteiger partial charge is 0.459 e. The molecule has 0 aromatic rings. The number of ether oxygens (including phenoxy) is 3. The number of carbonyl (C=O) groups excluding carboxylic acids is 1. The molecule has 29 heavy (non-hydrogen) atoms. The Bertz CT molecular complexity index is 500. The highest BCUT2D eigenvalue weighted by Crippen LogP contribution is 2.33. The zero-order chi connectivity index (χ0) is 21.6. The summed E-state index contributed by atoms with van der Waals surface area (Å²) in [5, 5.41) is 13.1. The number of cyclic esters (lactones) is 1. The molecule has 2 fully saturated rings. The molecule has 0 radical (unpaired) electrons. The van der Waals surface area contributed by atoms with Crippen molar-refractivity contribution < 1.29 is 24.1 Å². The molecule has 1 saturated heterocycles. The molecule has 0 aromatic carbocycles. The number of aliphatic hydroxyl groups is 1. The lowest BCUT2D eigenvalue weighted by Gasteiger charge is -2.32. The van der Waals surface area contributed by atoms with E-state index in [1.54, 1.807) is 0 Å². The van der Waals surface area contributed by atoms with Crippen molar-refractivity contribution in [1.82, 2.24) is 5.32 Å². The molecule has 6 nitrogen and oxygen atoms in total. The van der Waals surface area contributed by atoms with Gasteiger partial charge in [-0.25, -0.2) is 0 Å². The van der Waals surface area contributed by atoms with Gasteiger partial charge in [0.1, 0.15) is 12.1 Å². The summed E-state index contributed by atoms with van der Waals surface area (Å²) >= 11 is 0. The van der Waals surface area contributed by atoms with Crippen LogP contribution < -0.4 is 5.32 Å². The van der Waals surface area contributed by atoms with Gasteiger partial charge in [0.05, 0.1) is 11.7 Å². The van der Waals surface area contributed by atoms with Gasteiger partial charge in [0.25, 0.3) is 0 Å². The summed E-state index contributed by atoms with van der Waals surface area (Å²) in [6, 6.07) is -0.581. The summed E-state index contributed by atoms with van der Waals surface area (Å²) < 4.78 is 17.6. The Morgan fingerprint density at radius 1 is 1.21 bits per heavy atom. The van der Waals surface area contributed by atoms with Gasteiger partial charge in [-0.05, 0) is 77.6 Å². The van der Waals surface area contributed by atoms with Crippen molar-refractivity contribution in [3.8, 4) is 0 Å². The van der Waals surface area contributed by atoms with Crippen LogP contribution in [0, 0.1) is 17.8 Å². The molecule has 1 saturated carbocycles. The molecule has 0 spiro atoms. The number of aliphatic hydroxyl groups excluding tert-OH is 1. The van der Waals surface area contributed by atoms with E-state index in [-0.39, 0.29) is 18.2 Å². The molecule has 170 valence electrons. The van der Waals surface area contributed by atoms with Gasteiger partial charge < -0.3 is 19.3 Å². The van der Waals surface area contributed by atoms with Crippen LogP contribution in [-0.2, 0) is 19.0 Å². The molecule has 0 aromatic heterocycles. The quantitative estimate of drug-likeness (QED) is 0.439. The first kappa shape index (κ1) is 24.6. The van der Waals surface area contributed by atoms with Gasteiger partial charge >= 0.3 is 5.97 Å². The summed E-state index contributed by atoms with van der Waals surface area (Å²) in [6.45, 7) is 12.8. The minimum atomic E-state index is -1.21. The molecule has 2 aliphatic rings. The van der Waals surface area contributed by atoms with Crippen molar-refractivity contribution in [3.63, 3.8) is 0 Å². The molecule has 0 amide bonds. The van der Waals surface area contributed by atoms with E-state index < -0.39 is 18.1 Å². The van der Waals surface area contributed by atoms with E-state index in [9.17, 15) is 9.90 Å². The van der Waals surface area contributed by atoms with Crippen molar-refractivity contribution in [3.05, 3.63) is 0 Å². The SMILES string of the molecule is CC(C)CC[C@H]1CCC[C@H](NC(O)OC(C)(C)C)C(=O)O[C@@H](C)[C@@H]1OCC1CC1. The fraction of sp³-hybridized carbons (Fsp3) is 0.957. The second kappa shape index (κ2) is 11.1. The van der Waals surface area contributed by atoms with E-state index in [4.69, 9.17) is 14.2 Å². The van der Waals surface area contributed by atoms with Gasteiger partial charge in [-0.15, -0.1) is 0 Å². The van der Waals surface area contributed by atoms with Crippen molar-refractivity contribution in [1.29, 1.82) is 0 Å². The maximum atomic E-state index is 12.8. The first-order chi connectivity index (χ1) is 13.5. The average Bonchev–Trinajstić information content (AvgIpc) is 3.39. The molecule has 1 heterocycles. The maximum absolute atomic E-state index is 12.8. The Morgan fingerprint density at radius 3 is 2.48 bits per heavy atom. The lowest BCUT2D eigenvalue weighted by Crippen LogP contribution is -2.48. The molecule has 2 rings (SSSR count). The standard InChI is InChI=1S/C23H43NO5/c1-15(2)10-13-18-8-7-9-19(24-22(26)29-23(4,5)6)21(25)28-16(3)20(18)27-14-17-11-12-17/h15-20,22,24,26H,7-14H2,1-6H3/t16-,18+,19-,20-,22?/m0/s1. The van der Waals surface area contributed by atoms with E-state index in [2.05, 4.69) is 19.2 Å². The Labute approximate surface area is 177 Å². The minimum absolute atomic E-state index is 0.0622. The highest BCUT2D eigenvalue weighted by molar-refractivity contribution is 5.76. The number of hydrogen-bond acceptors (Lipinski definition) is 6. The Hall–Kier alpha value is -0.690. The number of hydrogen-bond donors (Lipinski definition) is 2. The Balaban J connectivity index is 2.03. The van der Waals surface area contributed by atoms with Crippen LogP contribution in [0.2, 0.25) is 0 Å². The van der Waals surface area contributed by atoms with E-state index in [0.717, 1.165) is 32.3 Å². The summed E-state index contributed by atoms with van der Waals surface area (Å²) in [5.41, 5.74) is -0.508. The van der Waals surface area contributed by atoms with Crippen LogP contribution in [0.4, 0.5) is 0 Å². The number of esters is 1. The molecular formula is C23H43NO5. The number of carbonyl (C=O) groups is 1. The first-order valence-corrected chi connectivity index (χ1v) is 11.5. The second-order valence-electron chi connectivity index (χ2n) is 10.3. The van der Waals surface area contributed by atoms with Gasteiger partial charge in [-0.2, -0.15) is 0 Å². The van der Waals surface area contributed by atoms with E-state index in [1.165, 1.54) is 12.8 Å². The highest BCUT2D eigenvalue weighted by Gasteiger charge is 2.36. The van der Waals surface area contributed by atoms with Gasteiger partial charge in [0.2, 0.25) is 6.41 Å². The summed E-state index contributed by atoms with van der Waals surface area (Å²) in [7, 11) is 0. The molecule has 1 unspecified atom stereocenters. The zero-order valence-corrected chi connectivity index (χ0v) is 19.3. The fourth-order valence-corrected chi connectivity index (χ4v) is 3.93. The van der Waals surface area contributed by atoms with Crippen LogP contribution in [-0.4, -0.2) is 47.9 Å². The average molecular weight is 414 g/mol. The lowest BCUT2D eigenvalue weighted by atomic mass is 9.86. The van der Waals surface area contributed by atoms with Gasteiger partial charge in [0.15, 0.2) is 0 Å². The van der Waals surface area contributed by atoms with Crippen LogP contribution in [0.3, 0.4) is 0 Å². The molecule has 2 N–H and O–H groups in total. The van der Waals surface area contributed by atoms with Gasteiger partial charge in [-0.1, -0.05) is 26.7 Å². The third-order valence-corrected chi connectivity index (χ3v) is 5.73. The second-order valence-corrected chi connectivity index (χ2v) is 10.3. The molecule has 1 aliphatic heterocycles. The zero-order valence-electron chi connectivity index (χ0n) is 19.3. The first-order valence-electron chi connectivity index (χ1n) is 11.5. The maximum Gasteiger partial charge on any atom is 0.323 e. The molecule has 0 bridgehead atoms. The van der Waals surface area contributed by atoms with Crippen LogP contribution in [0.5, 0.6) is 0 Å². The number of nitrogens with one attached hydrogen (secondary N) is 1. The monoisotopic (exact) mass is 413 g/mol. The van der Waals surface area contributed by atoms with E-state index in [1.807, 2.05) is 27.7 Å². The van der Waals surface area contributed by atoms with Crippen molar-refractivity contribution in [2.24, 2.45) is 17.8 Å². The van der Waals surface area contributed by atoms with Gasteiger partial charge in [-0.3, -0.25) is 10.1 Å². The van der Waals surface area contributed by atoms with Crippen molar-refractivity contribution in [2.75, 3.05) is 6.61 Å². The normalized spacial score (nSPS) is 30.4. The van der Waals surface area contributed by atoms with E-state index in [0.29, 0.717) is 24.2 Å². The predicted octanol–water partition coefficient (Wildman–Crippen LogP) is 4.00. The minimum Gasteiger partial charge on any atom is -0.459 e. The van der Waals surface area contributed by atoms with Crippen molar-refractivity contribution in [2.45, 2.75) is 117 Å². The molecule has 5 atom stereocenters. The van der Waals surface area contributed by atoms with Crippen LogP contribution >= 0.6 is 0 Å². The third kappa shape index (κ3) is 9.33. The van der Waals surface area contributed by atoms with Crippen LogP contribution in [0.15, 0.2) is 0 Å². The third-order valence-electron chi connectivity index (χ3n) is 5.73. The Morgan fingerprint density at radius 2 is 1.90 bits per heavy atom. The fourth-order valence-electron chi connectivity index (χ4n) is 3.93. The summed E-state index contributed by atoms with van der Waals surface area (Å²) in [4.78, 5) is 12.8. The van der Waals surface area contributed by atoms with E-state index >= 15 is 0 Å². The van der Waals surface area contributed by atoms with Crippen molar-refractivity contribution >= 4 is 5.97 Å². The smallest absolute Gasteiger partial charge is 0.323 e. The molecule has 1 aliphatic carbocycles. The summed E-state index contributed by atoms with van der Waals surface area (Å²) in [6.07, 6.45) is 5.65. The van der Waals surface area contributed by atoms with Crippen LogP contribution in [0.1, 0.15) is 86.5 Å². The van der Waals surface area contributed by atoms with Crippen LogP contribution in [0.25, 0.3) is 0 Å². The highest BCUT2D eigenvalue weighted by atomic mass is 16.6. The molecular weight excluding hydrogens is 370 g/mol. The lowest BCUT2D eigenvalue weighted by molar-refractivity contribution is -0.193.